The number of nitriles is 1. The highest BCUT2D eigenvalue weighted by Crippen LogP contribution is 2.37. The SMILES string of the molecule is COc1ncccc1C(F)(F)CCC(=O)N1CC(C)N(c2ccc(C#N)cn2)C(C)C1. The van der Waals surface area contributed by atoms with Crippen LogP contribution in [0.5, 0.6) is 5.88 Å². The van der Waals surface area contributed by atoms with Crippen LogP contribution < -0.4 is 9.64 Å². The summed E-state index contributed by atoms with van der Waals surface area (Å²) in [6.45, 7) is 4.75. The van der Waals surface area contributed by atoms with Gasteiger partial charge < -0.3 is 14.5 Å². The van der Waals surface area contributed by atoms with Crippen molar-refractivity contribution >= 4 is 11.7 Å². The summed E-state index contributed by atoms with van der Waals surface area (Å²) in [6.07, 6.45) is 2.00. The minimum absolute atomic E-state index is 0.0490. The van der Waals surface area contributed by atoms with Crippen LogP contribution in [0.2, 0.25) is 0 Å². The van der Waals surface area contributed by atoms with E-state index in [1.807, 2.05) is 19.9 Å². The zero-order valence-corrected chi connectivity index (χ0v) is 17.8. The lowest BCUT2D eigenvalue weighted by Gasteiger charge is -2.45. The molecule has 0 N–H and O–H groups in total. The van der Waals surface area contributed by atoms with E-state index in [-0.39, 0.29) is 35.9 Å². The molecule has 1 amide bonds. The molecule has 3 heterocycles. The third kappa shape index (κ3) is 4.90. The van der Waals surface area contributed by atoms with Gasteiger partial charge in [-0.15, -0.1) is 0 Å². The van der Waals surface area contributed by atoms with Gasteiger partial charge in [0.2, 0.25) is 11.8 Å². The third-order valence-corrected chi connectivity index (χ3v) is 5.42. The number of carbonyl (C=O) groups excluding carboxylic acids is 1. The van der Waals surface area contributed by atoms with E-state index in [1.54, 1.807) is 17.0 Å². The molecule has 0 saturated carbocycles. The normalized spacial score (nSPS) is 19.1. The van der Waals surface area contributed by atoms with Crippen molar-refractivity contribution in [2.75, 3.05) is 25.1 Å². The highest BCUT2D eigenvalue weighted by atomic mass is 19.3. The van der Waals surface area contributed by atoms with Crippen LogP contribution in [0.3, 0.4) is 0 Å². The highest BCUT2D eigenvalue weighted by Gasteiger charge is 2.38. The lowest BCUT2D eigenvalue weighted by molar-refractivity contribution is -0.134. The van der Waals surface area contributed by atoms with E-state index in [9.17, 15) is 13.6 Å². The summed E-state index contributed by atoms with van der Waals surface area (Å²) in [5, 5.41) is 8.94. The van der Waals surface area contributed by atoms with Gasteiger partial charge in [-0.3, -0.25) is 4.79 Å². The minimum Gasteiger partial charge on any atom is -0.481 e. The zero-order valence-electron chi connectivity index (χ0n) is 17.8. The van der Waals surface area contributed by atoms with Crippen LogP contribution in [0.1, 0.15) is 37.8 Å². The van der Waals surface area contributed by atoms with Crippen molar-refractivity contribution in [3.8, 4) is 11.9 Å². The Hall–Kier alpha value is -3.28. The average Bonchev–Trinajstić information content (AvgIpc) is 2.77. The van der Waals surface area contributed by atoms with Crippen molar-refractivity contribution in [2.45, 2.75) is 44.7 Å². The fourth-order valence-electron chi connectivity index (χ4n) is 3.97. The van der Waals surface area contributed by atoms with Gasteiger partial charge >= 0.3 is 0 Å². The van der Waals surface area contributed by atoms with Crippen LogP contribution in [-0.2, 0) is 10.7 Å². The van der Waals surface area contributed by atoms with Crippen molar-refractivity contribution in [3.05, 3.63) is 47.8 Å². The second-order valence-corrected chi connectivity index (χ2v) is 7.69. The van der Waals surface area contributed by atoms with Gasteiger partial charge in [0.25, 0.3) is 5.92 Å². The number of anilines is 1. The van der Waals surface area contributed by atoms with Crippen molar-refractivity contribution < 1.29 is 18.3 Å². The molecule has 0 aromatic carbocycles. The van der Waals surface area contributed by atoms with Gasteiger partial charge in [-0.25, -0.2) is 18.7 Å². The fourth-order valence-corrected chi connectivity index (χ4v) is 3.97. The number of alkyl halides is 2. The zero-order chi connectivity index (χ0) is 22.6. The number of amides is 1. The molecular formula is C22H25F2N5O2. The smallest absolute Gasteiger partial charge is 0.278 e. The van der Waals surface area contributed by atoms with E-state index in [4.69, 9.17) is 10.00 Å². The van der Waals surface area contributed by atoms with E-state index in [2.05, 4.69) is 14.9 Å². The van der Waals surface area contributed by atoms with E-state index < -0.39 is 12.3 Å². The standard InChI is InChI=1S/C22H25F2N5O2/c1-15-13-28(14-16(2)29(15)19-7-6-17(11-25)12-27-19)20(30)8-9-22(23,24)18-5-4-10-26-21(18)31-3/h4-7,10,12,15-16H,8-9,13-14H2,1-3H3. The summed E-state index contributed by atoms with van der Waals surface area (Å²) in [6, 6.07) is 8.12. The maximum Gasteiger partial charge on any atom is 0.278 e. The Bertz CT molecular complexity index is 949. The molecular weight excluding hydrogens is 404 g/mol. The molecule has 2 aromatic rings. The quantitative estimate of drug-likeness (QED) is 0.700. The van der Waals surface area contributed by atoms with Gasteiger partial charge in [-0.05, 0) is 38.1 Å². The highest BCUT2D eigenvalue weighted by molar-refractivity contribution is 5.76. The lowest BCUT2D eigenvalue weighted by Crippen LogP contribution is -2.58. The van der Waals surface area contributed by atoms with Crippen molar-refractivity contribution in [1.29, 1.82) is 5.26 Å². The Morgan fingerprint density at radius 3 is 2.55 bits per heavy atom. The second kappa shape index (κ2) is 9.25. The molecule has 0 spiro atoms. The molecule has 1 saturated heterocycles. The molecule has 0 bridgehead atoms. The number of carbonyl (C=O) groups is 1. The molecule has 164 valence electrons. The number of hydrogen-bond acceptors (Lipinski definition) is 6. The number of nitrogens with zero attached hydrogens (tertiary/aromatic N) is 5. The summed E-state index contributed by atoms with van der Waals surface area (Å²) in [5.74, 6) is -2.94. The maximum absolute atomic E-state index is 14.7. The fraction of sp³-hybridized carbons (Fsp3) is 0.455. The van der Waals surface area contributed by atoms with Gasteiger partial charge in [0.1, 0.15) is 11.9 Å². The Morgan fingerprint density at radius 1 is 1.26 bits per heavy atom. The number of rotatable bonds is 6. The molecule has 1 aliphatic rings. The number of methoxy groups -OCH3 is 1. The predicted molar refractivity (Wildman–Crippen MR) is 111 cm³/mol. The van der Waals surface area contributed by atoms with Crippen molar-refractivity contribution in [3.63, 3.8) is 0 Å². The number of piperazine rings is 1. The predicted octanol–water partition coefficient (Wildman–Crippen LogP) is 3.35. The number of ether oxygens (including phenoxy) is 1. The first-order valence-electron chi connectivity index (χ1n) is 10.1. The number of halogens is 2. The van der Waals surface area contributed by atoms with Gasteiger partial charge in [0.15, 0.2) is 0 Å². The van der Waals surface area contributed by atoms with Gasteiger partial charge in [0, 0.05) is 50.4 Å². The molecule has 31 heavy (non-hydrogen) atoms. The number of hydrogen-bond donors (Lipinski definition) is 0. The van der Waals surface area contributed by atoms with Gasteiger partial charge in [-0.2, -0.15) is 5.26 Å². The minimum atomic E-state index is -3.22. The average molecular weight is 429 g/mol. The Morgan fingerprint density at radius 2 is 1.97 bits per heavy atom. The Labute approximate surface area is 180 Å². The van der Waals surface area contributed by atoms with Crippen LogP contribution in [0.15, 0.2) is 36.7 Å². The largest absolute Gasteiger partial charge is 0.481 e. The first-order valence-corrected chi connectivity index (χ1v) is 10.1. The molecule has 2 unspecified atom stereocenters. The summed E-state index contributed by atoms with van der Waals surface area (Å²) in [7, 11) is 1.29. The Kier molecular flexibility index (Phi) is 6.68. The van der Waals surface area contributed by atoms with E-state index >= 15 is 0 Å². The number of aromatic nitrogens is 2. The topological polar surface area (TPSA) is 82.4 Å². The molecule has 0 aliphatic carbocycles. The summed E-state index contributed by atoms with van der Waals surface area (Å²) in [5.41, 5.74) is 0.160. The van der Waals surface area contributed by atoms with Crippen LogP contribution in [-0.4, -0.2) is 53.1 Å². The molecule has 2 atom stereocenters. The van der Waals surface area contributed by atoms with Gasteiger partial charge in [0.05, 0.1) is 18.2 Å². The Balaban J connectivity index is 1.64. The lowest BCUT2D eigenvalue weighted by atomic mass is 10.0. The van der Waals surface area contributed by atoms with Crippen LogP contribution in [0, 0.1) is 11.3 Å². The first kappa shape index (κ1) is 22.4. The first-order chi connectivity index (χ1) is 14.8. The molecule has 1 fully saturated rings. The molecule has 1 aliphatic heterocycles. The van der Waals surface area contributed by atoms with Crippen LogP contribution >= 0.6 is 0 Å². The summed E-state index contributed by atoms with van der Waals surface area (Å²) < 4.78 is 34.3. The van der Waals surface area contributed by atoms with E-state index in [1.165, 1.54) is 31.6 Å². The molecule has 9 heteroatoms. The third-order valence-electron chi connectivity index (χ3n) is 5.42. The van der Waals surface area contributed by atoms with E-state index in [0.29, 0.717) is 18.7 Å². The van der Waals surface area contributed by atoms with Crippen LogP contribution in [0.4, 0.5) is 14.6 Å². The second-order valence-electron chi connectivity index (χ2n) is 7.69. The summed E-state index contributed by atoms with van der Waals surface area (Å²) in [4.78, 5) is 24.6. The van der Waals surface area contributed by atoms with Crippen LogP contribution in [0.25, 0.3) is 0 Å². The van der Waals surface area contributed by atoms with Crippen molar-refractivity contribution in [2.24, 2.45) is 0 Å². The maximum atomic E-state index is 14.7. The van der Waals surface area contributed by atoms with Gasteiger partial charge in [-0.1, -0.05) is 0 Å². The monoisotopic (exact) mass is 429 g/mol. The molecule has 0 radical (unpaired) electrons. The number of pyridine rings is 2. The van der Waals surface area contributed by atoms with Crippen molar-refractivity contribution in [1.82, 2.24) is 14.9 Å². The summed E-state index contributed by atoms with van der Waals surface area (Å²) >= 11 is 0. The van der Waals surface area contributed by atoms with E-state index in [0.717, 1.165) is 5.82 Å². The molecule has 7 nitrogen and oxygen atoms in total. The molecule has 3 rings (SSSR count). The molecule has 2 aromatic heterocycles.